The minimum absolute atomic E-state index is 0.0273. The summed E-state index contributed by atoms with van der Waals surface area (Å²) in [6, 6.07) is 1.72. The van der Waals surface area contributed by atoms with Crippen molar-refractivity contribution >= 4 is 15.7 Å². The number of hydrogen-bond donors (Lipinski definition) is 0. The molecule has 5 nitrogen and oxygen atoms in total. The molecule has 1 amide bonds. The highest BCUT2D eigenvalue weighted by Gasteiger charge is 2.34. The first-order valence-electron chi connectivity index (χ1n) is 5.78. The molecule has 17 heavy (non-hydrogen) atoms. The first-order chi connectivity index (χ1) is 7.91. The Kier molecular flexibility index (Phi) is 4.52. The van der Waals surface area contributed by atoms with E-state index in [9.17, 15) is 13.2 Å². The highest BCUT2D eigenvalue weighted by molar-refractivity contribution is 7.91. The lowest BCUT2D eigenvalue weighted by atomic mass is 10.0. The maximum absolute atomic E-state index is 12.0. The average Bonchev–Trinajstić information content (AvgIpc) is 2.64. The molecule has 1 fully saturated rings. The monoisotopic (exact) mass is 258 g/mol. The summed E-state index contributed by atoms with van der Waals surface area (Å²) in [4.78, 5) is 13.4. The van der Waals surface area contributed by atoms with Gasteiger partial charge in [0, 0.05) is 13.1 Å². The van der Waals surface area contributed by atoms with Crippen molar-refractivity contribution in [3.63, 3.8) is 0 Å². The minimum Gasteiger partial charge on any atom is -0.341 e. The third kappa shape index (κ3) is 3.43. The van der Waals surface area contributed by atoms with Gasteiger partial charge < -0.3 is 4.90 Å². The second kappa shape index (κ2) is 5.50. The van der Waals surface area contributed by atoms with Gasteiger partial charge in [-0.3, -0.25) is 4.79 Å². The predicted molar refractivity (Wildman–Crippen MR) is 63.8 cm³/mol. The summed E-state index contributed by atoms with van der Waals surface area (Å²) < 4.78 is 22.7. The summed E-state index contributed by atoms with van der Waals surface area (Å²) in [5, 5.41) is 8.91. The zero-order valence-electron chi connectivity index (χ0n) is 10.2. The Morgan fingerprint density at radius 1 is 1.59 bits per heavy atom. The van der Waals surface area contributed by atoms with E-state index in [1.54, 1.807) is 7.05 Å². The third-order valence-corrected chi connectivity index (χ3v) is 4.89. The molecule has 0 aliphatic carbocycles. The molecule has 1 saturated heterocycles. The Hall–Kier alpha value is -1.09. The Morgan fingerprint density at radius 3 is 2.65 bits per heavy atom. The Labute approximate surface area is 102 Å². The Morgan fingerprint density at radius 2 is 2.24 bits per heavy atom. The van der Waals surface area contributed by atoms with Crippen LogP contribution in [0, 0.1) is 17.2 Å². The molecule has 1 aliphatic heterocycles. The molecule has 1 heterocycles. The molecule has 96 valence electrons. The SMILES string of the molecule is CCCC(C#N)C(=O)N(C)C1CCS(=O)(=O)C1. The number of carbonyl (C=O) groups excluding carboxylic acids is 1. The minimum atomic E-state index is -3.00. The fraction of sp³-hybridized carbons (Fsp3) is 0.818. The number of sulfone groups is 1. The van der Waals surface area contributed by atoms with Gasteiger partial charge in [-0.2, -0.15) is 5.26 Å². The number of nitriles is 1. The lowest BCUT2D eigenvalue weighted by Crippen LogP contribution is -2.41. The molecule has 0 radical (unpaired) electrons. The molecule has 0 aromatic heterocycles. The van der Waals surface area contributed by atoms with Gasteiger partial charge >= 0.3 is 0 Å². The molecule has 1 rings (SSSR count). The molecule has 6 heteroatoms. The van der Waals surface area contributed by atoms with Gasteiger partial charge in [-0.05, 0) is 12.8 Å². The van der Waals surface area contributed by atoms with E-state index in [2.05, 4.69) is 0 Å². The summed E-state index contributed by atoms with van der Waals surface area (Å²) in [5.41, 5.74) is 0. The molecule has 2 unspecified atom stereocenters. The standard InChI is InChI=1S/C11H18N2O3S/c1-3-4-9(7-12)11(14)13(2)10-5-6-17(15,16)8-10/h9-10H,3-6,8H2,1-2H3. The van der Waals surface area contributed by atoms with Gasteiger partial charge in [-0.25, -0.2) is 8.42 Å². The van der Waals surface area contributed by atoms with Crippen molar-refractivity contribution < 1.29 is 13.2 Å². The smallest absolute Gasteiger partial charge is 0.239 e. The van der Waals surface area contributed by atoms with Crippen LogP contribution in [0.4, 0.5) is 0 Å². The Bertz CT molecular complexity index is 424. The maximum atomic E-state index is 12.0. The second-order valence-corrected chi connectivity index (χ2v) is 6.71. The van der Waals surface area contributed by atoms with Crippen LogP contribution in [-0.4, -0.2) is 43.8 Å². The van der Waals surface area contributed by atoms with E-state index in [4.69, 9.17) is 5.26 Å². The van der Waals surface area contributed by atoms with Crippen LogP contribution in [-0.2, 0) is 14.6 Å². The van der Waals surface area contributed by atoms with Crippen LogP contribution >= 0.6 is 0 Å². The molecule has 0 aromatic carbocycles. The molecule has 0 saturated carbocycles. The zero-order valence-corrected chi connectivity index (χ0v) is 11.0. The number of nitrogens with zero attached hydrogens (tertiary/aromatic N) is 2. The van der Waals surface area contributed by atoms with Gasteiger partial charge in [-0.1, -0.05) is 13.3 Å². The lowest BCUT2D eigenvalue weighted by Gasteiger charge is -2.25. The van der Waals surface area contributed by atoms with Crippen LogP contribution in [0.3, 0.4) is 0 Å². The first-order valence-corrected chi connectivity index (χ1v) is 7.60. The molecular formula is C11H18N2O3S. The van der Waals surface area contributed by atoms with Crippen LogP contribution in [0.2, 0.25) is 0 Å². The zero-order chi connectivity index (χ0) is 13.1. The molecule has 0 spiro atoms. The summed E-state index contributed by atoms with van der Waals surface area (Å²) in [6.07, 6.45) is 1.77. The van der Waals surface area contributed by atoms with Gasteiger partial charge in [0.2, 0.25) is 5.91 Å². The van der Waals surface area contributed by atoms with Crippen LogP contribution in [0.15, 0.2) is 0 Å². The molecule has 0 bridgehead atoms. The van der Waals surface area contributed by atoms with Gasteiger partial charge in [-0.15, -0.1) is 0 Å². The quantitative estimate of drug-likeness (QED) is 0.738. The van der Waals surface area contributed by atoms with Crippen LogP contribution in [0.5, 0.6) is 0 Å². The normalized spacial score (nSPS) is 23.9. The molecule has 0 aromatic rings. The number of carbonyl (C=O) groups is 1. The molecular weight excluding hydrogens is 240 g/mol. The van der Waals surface area contributed by atoms with Gasteiger partial charge in [0.15, 0.2) is 9.84 Å². The first kappa shape index (κ1) is 14.0. The summed E-state index contributed by atoms with van der Waals surface area (Å²) in [7, 11) is -1.40. The van der Waals surface area contributed by atoms with Crippen molar-refractivity contribution in [3.8, 4) is 6.07 Å². The topological polar surface area (TPSA) is 78.2 Å². The summed E-state index contributed by atoms with van der Waals surface area (Å²) in [6.45, 7) is 1.91. The molecule has 1 aliphatic rings. The van der Waals surface area contributed by atoms with E-state index < -0.39 is 15.8 Å². The van der Waals surface area contributed by atoms with Crippen molar-refractivity contribution in [3.05, 3.63) is 0 Å². The van der Waals surface area contributed by atoms with Crippen LogP contribution in [0.1, 0.15) is 26.2 Å². The summed E-state index contributed by atoms with van der Waals surface area (Å²) in [5.74, 6) is -0.732. The van der Waals surface area contributed by atoms with Crippen LogP contribution < -0.4 is 0 Å². The predicted octanol–water partition coefficient (Wildman–Crippen LogP) is 0.572. The fourth-order valence-electron chi connectivity index (χ4n) is 2.04. The highest BCUT2D eigenvalue weighted by atomic mass is 32.2. The van der Waals surface area contributed by atoms with Crippen molar-refractivity contribution in [2.75, 3.05) is 18.6 Å². The van der Waals surface area contributed by atoms with Crippen molar-refractivity contribution in [1.29, 1.82) is 5.26 Å². The van der Waals surface area contributed by atoms with Gasteiger partial charge in [0.1, 0.15) is 5.92 Å². The maximum Gasteiger partial charge on any atom is 0.239 e. The fourth-order valence-corrected chi connectivity index (χ4v) is 3.81. The number of rotatable bonds is 4. The van der Waals surface area contributed by atoms with E-state index in [1.807, 2.05) is 13.0 Å². The van der Waals surface area contributed by atoms with E-state index in [1.165, 1.54) is 4.90 Å². The van der Waals surface area contributed by atoms with Crippen molar-refractivity contribution in [2.24, 2.45) is 5.92 Å². The van der Waals surface area contributed by atoms with Crippen molar-refractivity contribution in [2.45, 2.75) is 32.2 Å². The van der Waals surface area contributed by atoms with Crippen LogP contribution in [0.25, 0.3) is 0 Å². The average molecular weight is 258 g/mol. The lowest BCUT2D eigenvalue weighted by molar-refractivity contribution is -0.134. The van der Waals surface area contributed by atoms with Gasteiger partial charge in [0.25, 0.3) is 0 Å². The van der Waals surface area contributed by atoms with Crippen molar-refractivity contribution in [1.82, 2.24) is 4.90 Å². The van der Waals surface area contributed by atoms with E-state index in [-0.39, 0.29) is 23.5 Å². The van der Waals surface area contributed by atoms with E-state index in [0.29, 0.717) is 12.8 Å². The number of hydrogen-bond acceptors (Lipinski definition) is 4. The van der Waals surface area contributed by atoms with E-state index in [0.717, 1.165) is 6.42 Å². The largest absolute Gasteiger partial charge is 0.341 e. The number of amides is 1. The van der Waals surface area contributed by atoms with E-state index >= 15 is 0 Å². The highest BCUT2D eigenvalue weighted by Crippen LogP contribution is 2.19. The van der Waals surface area contributed by atoms with Gasteiger partial charge in [0.05, 0.1) is 17.6 Å². The summed E-state index contributed by atoms with van der Waals surface area (Å²) >= 11 is 0. The third-order valence-electron chi connectivity index (χ3n) is 3.14. The second-order valence-electron chi connectivity index (χ2n) is 4.48. The molecule has 2 atom stereocenters. The Balaban J connectivity index is 2.67. The molecule has 0 N–H and O–H groups in total.